The zero-order valence-corrected chi connectivity index (χ0v) is 10.7. The third-order valence-corrected chi connectivity index (χ3v) is 2.86. The molecule has 90 valence electrons. The number of thioether (sulfide) groups is 1. The Kier molecular flexibility index (Phi) is 6.05. The highest BCUT2D eigenvalue weighted by molar-refractivity contribution is 7.98. The molecule has 0 atom stereocenters. The molecular formula is C13H14O3S. The molecule has 0 fully saturated rings. The van der Waals surface area contributed by atoms with E-state index in [4.69, 9.17) is 4.74 Å². The van der Waals surface area contributed by atoms with Crippen molar-refractivity contribution in [2.24, 2.45) is 0 Å². The molecule has 0 aliphatic carbocycles. The van der Waals surface area contributed by atoms with Gasteiger partial charge in [-0.2, -0.15) is 0 Å². The number of hydrogen-bond acceptors (Lipinski definition) is 4. The maximum Gasteiger partial charge on any atom is 0.384 e. The van der Waals surface area contributed by atoms with Gasteiger partial charge in [-0.05, 0) is 17.7 Å². The number of hydrogen-bond donors (Lipinski definition) is 0. The first kappa shape index (κ1) is 13.5. The quantitative estimate of drug-likeness (QED) is 0.355. The molecule has 0 aliphatic heterocycles. The van der Waals surface area contributed by atoms with Crippen molar-refractivity contribution in [3.8, 4) is 17.6 Å². The fraction of sp³-hybridized carbons (Fsp3) is 0.308. The molecule has 0 aromatic heterocycles. The maximum absolute atomic E-state index is 10.7. The number of rotatable bonds is 4. The number of benzene rings is 1. The van der Waals surface area contributed by atoms with Crippen LogP contribution in [0.1, 0.15) is 5.56 Å². The van der Waals surface area contributed by atoms with Crippen LogP contribution in [0.15, 0.2) is 24.3 Å². The van der Waals surface area contributed by atoms with Gasteiger partial charge in [-0.3, -0.25) is 0 Å². The summed E-state index contributed by atoms with van der Waals surface area (Å²) in [5, 5.41) is 0. The minimum absolute atomic E-state index is 0.491. The van der Waals surface area contributed by atoms with Gasteiger partial charge in [0.2, 0.25) is 0 Å². The largest absolute Gasteiger partial charge is 0.497 e. The van der Waals surface area contributed by atoms with Crippen molar-refractivity contribution >= 4 is 17.7 Å². The van der Waals surface area contributed by atoms with Crippen molar-refractivity contribution in [1.82, 2.24) is 0 Å². The van der Waals surface area contributed by atoms with Crippen molar-refractivity contribution < 1.29 is 14.3 Å². The van der Waals surface area contributed by atoms with E-state index < -0.39 is 5.97 Å². The average molecular weight is 250 g/mol. The summed E-state index contributed by atoms with van der Waals surface area (Å²) in [4.78, 5) is 10.7. The van der Waals surface area contributed by atoms with Gasteiger partial charge in [0.15, 0.2) is 0 Å². The van der Waals surface area contributed by atoms with Gasteiger partial charge in [-0.1, -0.05) is 18.1 Å². The molecule has 0 saturated heterocycles. The number of ether oxygens (including phenoxy) is 2. The van der Waals surface area contributed by atoms with Crippen LogP contribution in [0.5, 0.6) is 5.75 Å². The maximum atomic E-state index is 10.7. The lowest BCUT2D eigenvalue weighted by Gasteiger charge is -2.01. The summed E-state index contributed by atoms with van der Waals surface area (Å²) in [6.45, 7) is 0. The lowest BCUT2D eigenvalue weighted by atomic mass is 10.2. The summed E-state index contributed by atoms with van der Waals surface area (Å²) < 4.78 is 9.48. The second-order valence-corrected chi connectivity index (χ2v) is 4.12. The van der Waals surface area contributed by atoms with E-state index in [1.165, 1.54) is 12.7 Å². The van der Waals surface area contributed by atoms with E-state index in [2.05, 4.69) is 16.6 Å². The van der Waals surface area contributed by atoms with Gasteiger partial charge in [-0.25, -0.2) is 4.79 Å². The number of methoxy groups -OCH3 is 2. The van der Waals surface area contributed by atoms with Crippen molar-refractivity contribution in [3.05, 3.63) is 29.8 Å². The number of esters is 1. The predicted molar refractivity (Wildman–Crippen MR) is 68.9 cm³/mol. The monoisotopic (exact) mass is 250 g/mol. The standard InChI is InChI=1S/C13H14O3S/c1-15-12-7-5-11(6-8-12)10-17-9-3-4-13(14)16-2/h5-8H,9-10H2,1-2H3. The lowest BCUT2D eigenvalue weighted by molar-refractivity contribution is -0.133. The first-order valence-corrected chi connectivity index (χ1v) is 6.19. The molecule has 0 unspecified atom stereocenters. The van der Waals surface area contributed by atoms with Crippen LogP contribution in [0, 0.1) is 11.8 Å². The Morgan fingerprint density at radius 1 is 1.29 bits per heavy atom. The zero-order valence-electron chi connectivity index (χ0n) is 9.86. The molecule has 0 amide bonds. The highest BCUT2D eigenvalue weighted by atomic mass is 32.2. The fourth-order valence-corrected chi connectivity index (χ4v) is 1.81. The van der Waals surface area contributed by atoms with Crippen LogP contribution in [-0.4, -0.2) is 25.9 Å². The van der Waals surface area contributed by atoms with Crippen LogP contribution in [-0.2, 0) is 15.3 Å². The Morgan fingerprint density at radius 3 is 2.59 bits per heavy atom. The van der Waals surface area contributed by atoms with Crippen LogP contribution in [0.4, 0.5) is 0 Å². The highest BCUT2D eigenvalue weighted by Gasteiger charge is 1.94. The molecule has 1 aromatic carbocycles. The Balaban J connectivity index is 2.30. The second-order valence-electron chi connectivity index (χ2n) is 3.13. The Labute approximate surface area is 105 Å². The summed E-state index contributed by atoms with van der Waals surface area (Å²) in [5.74, 6) is 6.96. The third-order valence-electron chi connectivity index (χ3n) is 1.98. The van der Waals surface area contributed by atoms with Gasteiger partial charge in [0, 0.05) is 11.7 Å². The van der Waals surface area contributed by atoms with Gasteiger partial charge >= 0.3 is 5.97 Å². The average Bonchev–Trinajstić information content (AvgIpc) is 2.38. The smallest absolute Gasteiger partial charge is 0.384 e. The van der Waals surface area contributed by atoms with E-state index in [1.54, 1.807) is 18.9 Å². The Morgan fingerprint density at radius 2 is 2.00 bits per heavy atom. The molecule has 4 heteroatoms. The molecule has 0 spiro atoms. The molecule has 0 N–H and O–H groups in total. The first-order chi connectivity index (χ1) is 8.26. The van der Waals surface area contributed by atoms with Gasteiger partial charge in [0.1, 0.15) is 5.75 Å². The summed E-state index contributed by atoms with van der Waals surface area (Å²) in [6.07, 6.45) is 0. The van der Waals surface area contributed by atoms with E-state index in [0.717, 1.165) is 11.5 Å². The Bertz CT molecular complexity index is 415. The predicted octanol–water partition coefficient (Wildman–Crippen LogP) is 2.10. The lowest BCUT2D eigenvalue weighted by Crippen LogP contribution is -1.94. The molecule has 0 bridgehead atoms. The molecule has 1 rings (SSSR count). The molecule has 1 aromatic rings. The fourth-order valence-electron chi connectivity index (χ4n) is 1.10. The van der Waals surface area contributed by atoms with Gasteiger partial charge in [0.25, 0.3) is 0 Å². The van der Waals surface area contributed by atoms with E-state index in [1.807, 2.05) is 24.3 Å². The highest BCUT2D eigenvalue weighted by Crippen LogP contribution is 2.15. The van der Waals surface area contributed by atoms with Crippen LogP contribution in [0.3, 0.4) is 0 Å². The molecule has 0 heterocycles. The molecule has 0 saturated carbocycles. The minimum atomic E-state index is -0.491. The van der Waals surface area contributed by atoms with Crippen LogP contribution < -0.4 is 4.74 Å². The molecule has 17 heavy (non-hydrogen) atoms. The topological polar surface area (TPSA) is 35.5 Å². The summed E-state index contributed by atoms with van der Waals surface area (Å²) in [7, 11) is 2.97. The van der Waals surface area contributed by atoms with E-state index in [-0.39, 0.29) is 0 Å². The Hall–Kier alpha value is -1.60. The number of carbonyl (C=O) groups excluding carboxylic acids is 1. The van der Waals surface area contributed by atoms with Crippen LogP contribution in [0.2, 0.25) is 0 Å². The van der Waals surface area contributed by atoms with Crippen LogP contribution >= 0.6 is 11.8 Å². The van der Waals surface area contributed by atoms with Gasteiger partial charge < -0.3 is 9.47 Å². The third kappa shape index (κ3) is 5.32. The van der Waals surface area contributed by atoms with Gasteiger partial charge in [0.05, 0.1) is 20.0 Å². The van der Waals surface area contributed by atoms with E-state index in [9.17, 15) is 4.79 Å². The molecule has 3 nitrogen and oxygen atoms in total. The van der Waals surface area contributed by atoms with Crippen molar-refractivity contribution in [2.45, 2.75) is 5.75 Å². The van der Waals surface area contributed by atoms with Crippen molar-refractivity contribution in [1.29, 1.82) is 0 Å². The van der Waals surface area contributed by atoms with Crippen LogP contribution in [0.25, 0.3) is 0 Å². The summed E-state index contributed by atoms with van der Waals surface area (Å²) >= 11 is 1.65. The van der Waals surface area contributed by atoms with E-state index in [0.29, 0.717) is 5.75 Å². The zero-order chi connectivity index (χ0) is 12.5. The molecule has 0 aliphatic rings. The first-order valence-electron chi connectivity index (χ1n) is 5.03. The SMILES string of the molecule is COC(=O)C#CCSCc1ccc(OC)cc1. The molecular weight excluding hydrogens is 236 g/mol. The van der Waals surface area contributed by atoms with Gasteiger partial charge in [-0.15, -0.1) is 11.8 Å². The minimum Gasteiger partial charge on any atom is -0.497 e. The summed E-state index contributed by atoms with van der Waals surface area (Å²) in [6, 6.07) is 7.88. The number of carbonyl (C=O) groups is 1. The molecule has 0 radical (unpaired) electrons. The van der Waals surface area contributed by atoms with E-state index >= 15 is 0 Å². The second kappa shape index (κ2) is 7.64. The van der Waals surface area contributed by atoms with Crippen molar-refractivity contribution in [2.75, 3.05) is 20.0 Å². The van der Waals surface area contributed by atoms with Crippen molar-refractivity contribution in [3.63, 3.8) is 0 Å². The normalized spacial score (nSPS) is 9.06. The summed E-state index contributed by atoms with van der Waals surface area (Å²) in [5.41, 5.74) is 1.20.